The number of aryl methyl sites for hydroxylation is 2. The van der Waals surface area contributed by atoms with Crippen LogP contribution in [0.15, 0.2) is 54.7 Å². The van der Waals surface area contributed by atoms with Crippen molar-refractivity contribution in [1.29, 1.82) is 0 Å². The Kier molecular flexibility index (Phi) is 9.11. The molecule has 220 valence electrons. The quantitative estimate of drug-likeness (QED) is 0.322. The van der Waals surface area contributed by atoms with Crippen LogP contribution in [0.3, 0.4) is 0 Å². The van der Waals surface area contributed by atoms with Crippen molar-refractivity contribution in [2.24, 2.45) is 5.92 Å². The van der Waals surface area contributed by atoms with Crippen molar-refractivity contribution in [3.8, 4) is 5.75 Å². The molecular formula is C31H42N4O5Si. The van der Waals surface area contributed by atoms with E-state index in [-0.39, 0.29) is 24.9 Å². The summed E-state index contributed by atoms with van der Waals surface area (Å²) in [6.45, 7) is 9.10. The third-order valence-electron chi connectivity index (χ3n) is 8.87. The van der Waals surface area contributed by atoms with Crippen molar-refractivity contribution in [2.75, 3.05) is 31.8 Å². The number of methoxy groups -OCH3 is 1. The van der Waals surface area contributed by atoms with Crippen molar-refractivity contribution in [1.82, 2.24) is 15.0 Å². The van der Waals surface area contributed by atoms with Crippen molar-refractivity contribution in [2.45, 2.75) is 70.0 Å². The van der Waals surface area contributed by atoms with E-state index in [1.165, 1.54) is 10.8 Å². The lowest BCUT2D eigenvalue weighted by Crippen LogP contribution is -2.50. The molecule has 3 aromatic rings. The Balaban J connectivity index is 1.32. The molecule has 2 saturated heterocycles. The Labute approximate surface area is 243 Å². The van der Waals surface area contributed by atoms with Gasteiger partial charge in [-0.15, -0.1) is 5.10 Å². The first-order valence-electron chi connectivity index (χ1n) is 14.6. The maximum atomic E-state index is 12.1. The summed E-state index contributed by atoms with van der Waals surface area (Å²) in [4.78, 5) is 13.8. The molecule has 2 aliphatic rings. The molecule has 1 N–H and O–H groups in total. The zero-order chi connectivity index (χ0) is 29.0. The fourth-order valence-electron chi connectivity index (χ4n) is 6.67. The first-order valence-corrected chi connectivity index (χ1v) is 17.7. The van der Waals surface area contributed by atoms with E-state index in [2.05, 4.69) is 66.7 Å². The fourth-order valence-corrected chi connectivity index (χ4v) is 10.8. The smallest absolute Gasteiger partial charge is 0.414 e. The van der Waals surface area contributed by atoms with Gasteiger partial charge in [-0.2, -0.15) is 0 Å². The van der Waals surface area contributed by atoms with Crippen LogP contribution in [-0.2, 0) is 28.9 Å². The molecule has 2 aliphatic heterocycles. The molecule has 9 nitrogen and oxygen atoms in total. The van der Waals surface area contributed by atoms with Crippen LogP contribution in [0.5, 0.6) is 5.75 Å². The second-order valence-corrected chi connectivity index (χ2v) is 16.4. The van der Waals surface area contributed by atoms with Crippen molar-refractivity contribution < 1.29 is 24.1 Å². The molecule has 0 radical (unpaired) electrons. The van der Waals surface area contributed by atoms with Gasteiger partial charge in [-0.3, -0.25) is 9.58 Å². The summed E-state index contributed by atoms with van der Waals surface area (Å²) >= 11 is 0. The van der Waals surface area contributed by atoms with Gasteiger partial charge in [0.15, 0.2) is 0 Å². The largest absolute Gasteiger partial charge is 0.497 e. The number of carbonyl (C=O) groups is 1. The molecule has 3 heterocycles. The van der Waals surface area contributed by atoms with E-state index in [1.54, 1.807) is 12.0 Å². The van der Waals surface area contributed by atoms with E-state index >= 15 is 0 Å². The number of carbonyl (C=O) groups excluding carboxylic acids is 1. The number of rotatable bonds is 12. The molecule has 2 fully saturated rings. The predicted molar refractivity (Wildman–Crippen MR) is 161 cm³/mol. The number of amides is 1. The number of cyclic esters (lactones) is 1. The zero-order valence-electron chi connectivity index (χ0n) is 24.5. The number of anilines is 1. The van der Waals surface area contributed by atoms with Crippen LogP contribution in [0.25, 0.3) is 0 Å². The summed E-state index contributed by atoms with van der Waals surface area (Å²) in [5.74, 6) is 1.26. The summed E-state index contributed by atoms with van der Waals surface area (Å²) in [5, 5.41) is 19.1. The second-order valence-electron chi connectivity index (χ2n) is 11.8. The van der Waals surface area contributed by atoms with Gasteiger partial charge in [-0.1, -0.05) is 54.7 Å². The van der Waals surface area contributed by atoms with Gasteiger partial charge in [0.25, 0.3) is 0 Å². The molecule has 2 aromatic carbocycles. The highest BCUT2D eigenvalue weighted by Gasteiger charge is 2.50. The third-order valence-corrected chi connectivity index (χ3v) is 13.3. The molecule has 5 rings (SSSR count). The summed E-state index contributed by atoms with van der Waals surface area (Å²) in [6.07, 6.45) is 5.05. The molecule has 0 unspecified atom stereocenters. The fraction of sp³-hybridized carbons (Fsp3) is 0.516. The van der Waals surface area contributed by atoms with Crippen LogP contribution in [0.2, 0.25) is 18.6 Å². The summed E-state index contributed by atoms with van der Waals surface area (Å²) < 4.78 is 19.3. The molecule has 41 heavy (non-hydrogen) atoms. The van der Waals surface area contributed by atoms with Crippen LogP contribution >= 0.6 is 0 Å². The Morgan fingerprint density at radius 2 is 1.90 bits per heavy atom. The van der Waals surface area contributed by atoms with Crippen LogP contribution < -0.4 is 14.8 Å². The average Bonchev–Trinajstić information content (AvgIpc) is 3.70. The van der Waals surface area contributed by atoms with E-state index < -0.39 is 8.07 Å². The van der Waals surface area contributed by atoms with Crippen LogP contribution in [0.1, 0.15) is 31.0 Å². The highest BCUT2D eigenvalue weighted by molar-refractivity contribution is 6.91. The number of aliphatic hydroxyl groups excluding tert-OH is 1. The second kappa shape index (κ2) is 12.8. The molecule has 0 bridgehead atoms. The van der Waals surface area contributed by atoms with Crippen molar-refractivity contribution in [3.05, 3.63) is 66.0 Å². The van der Waals surface area contributed by atoms with Gasteiger partial charge < -0.3 is 19.3 Å². The van der Waals surface area contributed by atoms with E-state index in [0.29, 0.717) is 31.0 Å². The predicted octanol–water partition coefficient (Wildman–Crippen LogP) is 4.19. The number of hydrogen-bond acceptors (Lipinski definition) is 7. The molecule has 0 spiro atoms. The molecule has 1 aromatic heterocycles. The molecule has 0 saturated carbocycles. The molecule has 1 amide bonds. The molecule has 10 heteroatoms. The standard InChI is InChI=1S/C31H42N4O5Si/c1-22-28(13-8-23-6-5-7-25(20-23)35-17-19-39-31(35)37)40-29(14-16-34-21-24(15-18-36)32-33-34)30(22)41(3,4)27-11-9-26(38-2)10-12-27/h5-7,9-12,20-22,28-30,36H,8,13-19H2,1-4H3/t22-,28+,29-,30+/m1/s1. The zero-order valence-corrected chi connectivity index (χ0v) is 25.5. The van der Waals surface area contributed by atoms with Gasteiger partial charge in [-0.05, 0) is 60.6 Å². The minimum Gasteiger partial charge on any atom is -0.497 e. The van der Waals surface area contributed by atoms with Gasteiger partial charge in [-0.25, -0.2) is 4.79 Å². The van der Waals surface area contributed by atoms with Gasteiger partial charge in [0.1, 0.15) is 12.4 Å². The number of aliphatic hydroxyl groups is 1. The van der Waals surface area contributed by atoms with E-state index in [9.17, 15) is 9.90 Å². The van der Waals surface area contributed by atoms with Gasteiger partial charge in [0.2, 0.25) is 0 Å². The first-order chi connectivity index (χ1) is 19.8. The summed E-state index contributed by atoms with van der Waals surface area (Å²) in [5.41, 5.74) is 3.32. The Hall–Kier alpha value is -3.21. The average molecular weight is 579 g/mol. The van der Waals surface area contributed by atoms with Gasteiger partial charge in [0, 0.05) is 31.5 Å². The number of hydrogen-bond donors (Lipinski definition) is 1. The normalized spacial score (nSPS) is 22.8. The Morgan fingerprint density at radius 3 is 2.61 bits per heavy atom. The van der Waals surface area contributed by atoms with E-state index in [4.69, 9.17) is 14.2 Å². The van der Waals surface area contributed by atoms with Crippen molar-refractivity contribution >= 4 is 25.0 Å². The minimum absolute atomic E-state index is 0.0678. The lowest BCUT2D eigenvalue weighted by atomic mass is 9.95. The van der Waals surface area contributed by atoms with Gasteiger partial charge in [0.05, 0.1) is 39.6 Å². The Bertz CT molecular complexity index is 1310. The monoisotopic (exact) mass is 578 g/mol. The van der Waals surface area contributed by atoms with Crippen molar-refractivity contribution in [3.63, 3.8) is 0 Å². The lowest BCUT2D eigenvalue weighted by Gasteiger charge is -2.36. The SMILES string of the molecule is COc1ccc([Si](C)(C)[C@H]2[C@H](C)[C@H](CCc3cccc(N4CCOC4=O)c3)O[C@@H]2CCn2cc(CCO)nn2)cc1. The Morgan fingerprint density at radius 1 is 1.10 bits per heavy atom. The third kappa shape index (κ3) is 6.50. The molecular weight excluding hydrogens is 536 g/mol. The summed E-state index contributed by atoms with van der Waals surface area (Å²) in [6, 6.07) is 16.8. The van der Waals surface area contributed by atoms with Crippen LogP contribution in [0.4, 0.5) is 10.5 Å². The molecule has 4 atom stereocenters. The van der Waals surface area contributed by atoms with E-state index in [0.717, 1.165) is 42.9 Å². The van der Waals surface area contributed by atoms with Gasteiger partial charge >= 0.3 is 6.09 Å². The molecule has 0 aliphatic carbocycles. The number of ether oxygens (including phenoxy) is 3. The maximum Gasteiger partial charge on any atom is 0.414 e. The number of aromatic nitrogens is 3. The minimum atomic E-state index is -1.96. The highest BCUT2D eigenvalue weighted by Crippen LogP contribution is 2.46. The lowest BCUT2D eigenvalue weighted by molar-refractivity contribution is 0.0250. The van der Waals surface area contributed by atoms with Crippen LogP contribution in [0, 0.1) is 5.92 Å². The van der Waals surface area contributed by atoms with E-state index in [1.807, 2.05) is 23.0 Å². The van der Waals surface area contributed by atoms with Crippen LogP contribution in [-0.4, -0.2) is 73.3 Å². The highest BCUT2D eigenvalue weighted by atomic mass is 28.3. The first kappa shape index (κ1) is 29.3. The maximum absolute atomic E-state index is 12.1. The number of nitrogens with zero attached hydrogens (tertiary/aromatic N) is 4. The number of benzene rings is 2. The summed E-state index contributed by atoms with van der Waals surface area (Å²) in [7, 11) is -0.253. The topological polar surface area (TPSA) is 98.9 Å².